The highest BCUT2D eigenvalue weighted by Gasteiger charge is 2.15. The highest BCUT2D eigenvalue weighted by atomic mass is 16.5. The second-order valence-corrected chi connectivity index (χ2v) is 7.15. The third-order valence-corrected chi connectivity index (χ3v) is 4.84. The van der Waals surface area contributed by atoms with E-state index in [2.05, 4.69) is 4.98 Å². The number of carbonyl (C=O) groups is 1. The van der Waals surface area contributed by atoms with Gasteiger partial charge in [0.15, 0.2) is 0 Å². The van der Waals surface area contributed by atoms with Crippen LogP contribution in [0.15, 0.2) is 72.8 Å². The van der Waals surface area contributed by atoms with E-state index >= 15 is 0 Å². The van der Waals surface area contributed by atoms with Gasteiger partial charge in [0, 0.05) is 18.7 Å². The molecule has 4 heteroatoms. The molecule has 0 saturated carbocycles. The Balaban J connectivity index is 1.78. The van der Waals surface area contributed by atoms with Crippen molar-refractivity contribution in [1.29, 1.82) is 0 Å². The summed E-state index contributed by atoms with van der Waals surface area (Å²) >= 11 is 0. The molecule has 0 amide bonds. The quantitative estimate of drug-likeness (QED) is 0.344. The van der Waals surface area contributed by atoms with Crippen molar-refractivity contribution in [3.8, 4) is 0 Å². The summed E-state index contributed by atoms with van der Waals surface area (Å²) in [7, 11) is 1.96. The highest BCUT2D eigenvalue weighted by Crippen LogP contribution is 2.24. The first-order chi connectivity index (χ1) is 14.0. The van der Waals surface area contributed by atoms with Crippen molar-refractivity contribution in [2.24, 2.45) is 7.05 Å². The van der Waals surface area contributed by atoms with Gasteiger partial charge in [-0.05, 0) is 44.2 Å². The van der Waals surface area contributed by atoms with Gasteiger partial charge in [-0.25, -0.2) is 9.78 Å². The lowest BCUT2D eigenvalue weighted by Crippen LogP contribution is -2.06. The van der Waals surface area contributed by atoms with Gasteiger partial charge < -0.3 is 9.30 Å². The first-order valence-corrected chi connectivity index (χ1v) is 9.50. The van der Waals surface area contributed by atoms with Gasteiger partial charge in [-0.2, -0.15) is 0 Å². The zero-order chi connectivity index (χ0) is 20.4. The molecule has 4 aromatic rings. The number of esters is 1. The Morgan fingerprint density at radius 1 is 0.897 bits per heavy atom. The molecule has 0 bridgehead atoms. The molecule has 0 aliphatic rings. The standard InChI is InChI=1S/C25H22N2O2/c1-17-8-6-10-19(14-17)23(29-25(28)20-11-7-9-18(2)15-20)16-24-26-21-12-4-5-13-22(21)27(24)3/h4-16H,1-3H3/b23-16+. The Labute approximate surface area is 170 Å². The van der Waals surface area contributed by atoms with E-state index in [1.54, 1.807) is 6.07 Å². The number of para-hydroxylation sites is 2. The maximum absolute atomic E-state index is 12.8. The van der Waals surface area contributed by atoms with E-state index in [0.29, 0.717) is 11.3 Å². The number of benzene rings is 3. The fourth-order valence-electron chi connectivity index (χ4n) is 3.31. The van der Waals surface area contributed by atoms with Crippen LogP contribution in [0.1, 0.15) is 32.9 Å². The van der Waals surface area contributed by atoms with E-state index in [-0.39, 0.29) is 5.97 Å². The molecule has 144 valence electrons. The zero-order valence-electron chi connectivity index (χ0n) is 16.7. The maximum atomic E-state index is 12.8. The van der Waals surface area contributed by atoms with E-state index in [1.807, 2.05) is 98.3 Å². The molecule has 29 heavy (non-hydrogen) atoms. The number of aryl methyl sites for hydroxylation is 3. The van der Waals surface area contributed by atoms with Crippen molar-refractivity contribution in [2.75, 3.05) is 0 Å². The third kappa shape index (κ3) is 3.97. The number of nitrogens with zero attached hydrogens (tertiary/aromatic N) is 2. The lowest BCUT2D eigenvalue weighted by molar-refractivity contribution is 0.0693. The summed E-state index contributed by atoms with van der Waals surface area (Å²) in [6, 6.07) is 23.2. The summed E-state index contributed by atoms with van der Waals surface area (Å²) in [4.78, 5) is 17.5. The van der Waals surface area contributed by atoms with Crippen LogP contribution in [-0.2, 0) is 11.8 Å². The second-order valence-electron chi connectivity index (χ2n) is 7.15. The number of carbonyl (C=O) groups excluding carboxylic acids is 1. The van der Waals surface area contributed by atoms with Crippen LogP contribution in [0.5, 0.6) is 0 Å². The lowest BCUT2D eigenvalue weighted by Gasteiger charge is -2.11. The fraction of sp³-hybridized carbons (Fsp3) is 0.120. The van der Waals surface area contributed by atoms with Crippen LogP contribution in [-0.4, -0.2) is 15.5 Å². The summed E-state index contributed by atoms with van der Waals surface area (Å²) in [6.07, 6.45) is 1.82. The SMILES string of the molecule is Cc1cccc(C(=O)O/C(=C/c2nc3ccccc3n2C)c2cccc(C)c2)c1. The molecular formula is C25H22N2O2. The molecule has 0 atom stereocenters. The van der Waals surface area contributed by atoms with Crippen molar-refractivity contribution < 1.29 is 9.53 Å². The van der Waals surface area contributed by atoms with Crippen molar-refractivity contribution in [1.82, 2.24) is 9.55 Å². The van der Waals surface area contributed by atoms with Crippen LogP contribution in [0.25, 0.3) is 22.9 Å². The first kappa shape index (κ1) is 18.7. The summed E-state index contributed by atoms with van der Waals surface area (Å²) in [5.41, 5.74) is 5.37. The van der Waals surface area contributed by atoms with E-state index < -0.39 is 0 Å². The Kier molecular flexibility index (Phi) is 5.00. The van der Waals surface area contributed by atoms with Crippen LogP contribution in [0, 0.1) is 13.8 Å². The predicted octanol–water partition coefficient (Wildman–Crippen LogP) is 5.55. The molecule has 0 aliphatic carbocycles. The number of fused-ring (bicyclic) bond motifs is 1. The maximum Gasteiger partial charge on any atom is 0.343 e. The third-order valence-electron chi connectivity index (χ3n) is 4.84. The summed E-state index contributed by atoms with van der Waals surface area (Å²) in [5, 5.41) is 0. The van der Waals surface area contributed by atoms with Gasteiger partial charge in [-0.3, -0.25) is 0 Å². The number of hydrogen-bond acceptors (Lipinski definition) is 3. The van der Waals surface area contributed by atoms with Gasteiger partial charge >= 0.3 is 5.97 Å². The molecule has 1 aromatic heterocycles. The van der Waals surface area contributed by atoms with E-state index in [0.717, 1.165) is 33.5 Å². The minimum atomic E-state index is -0.389. The fourth-order valence-corrected chi connectivity index (χ4v) is 3.31. The molecule has 1 heterocycles. The number of imidazole rings is 1. The molecule has 4 rings (SSSR count). The van der Waals surface area contributed by atoms with E-state index in [9.17, 15) is 4.79 Å². The molecule has 4 nitrogen and oxygen atoms in total. The van der Waals surface area contributed by atoms with Crippen molar-refractivity contribution in [3.63, 3.8) is 0 Å². The van der Waals surface area contributed by atoms with Crippen LogP contribution < -0.4 is 0 Å². The molecular weight excluding hydrogens is 360 g/mol. The first-order valence-electron chi connectivity index (χ1n) is 9.50. The Bertz CT molecular complexity index is 1230. The topological polar surface area (TPSA) is 44.1 Å². The minimum absolute atomic E-state index is 0.389. The smallest absolute Gasteiger partial charge is 0.343 e. The molecule has 3 aromatic carbocycles. The Hall–Kier alpha value is -3.66. The number of ether oxygens (including phenoxy) is 1. The van der Waals surface area contributed by atoms with Gasteiger partial charge in [0.2, 0.25) is 0 Å². The second kappa shape index (κ2) is 7.76. The predicted molar refractivity (Wildman–Crippen MR) is 116 cm³/mol. The Morgan fingerprint density at radius 3 is 2.24 bits per heavy atom. The van der Waals surface area contributed by atoms with E-state index in [4.69, 9.17) is 4.74 Å². The number of rotatable bonds is 4. The highest BCUT2D eigenvalue weighted by molar-refractivity contribution is 5.95. The number of aromatic nitrogens is 2. The van der Waals surface area contributed by atoms with Gasteiger partial charge in [-0.15, -0.1) is 0 Å². The minimum Gasteiger partial charge on any atom is -0.422 e. The van der Waals surface area contributed by atoms with Crippen LogP contribution in [0.4, 0.5) is 0 Å². The summed E-state index contributed by atoms with van der Waals surface area (Å²) in [5.74, 6) is 0.804. The van der Waals surface area contributed by atoms with Crippen LogP contribution in [0.3, 0.4) is 0 Å². The normalized spacial score (nSPS) is 11.6. The van der Waals surface area contributed by atoms with Gasteiger partial charge in [-0.1, -0.05) is 53.6 Å². The van der Waals surface area contributed by atoms with Gasteiger partial charge in [0.05, 0.1) is 16.6 Å². The molecule has 0 aliphatic heterocycles. The molecule has 0 spiro atoms. The lowest BCUT2D eigenvalue weighted by atomic mass is 10.1. The zero-order valence-corrected chi connectivity index (χ0v) is 16.7. The summed E-state index contributed by atoms with van der Waals surface area (Å²) in [6.45, 7) is 3.96. The molecule has 0 radical (unpaired) electrons. The summed E-state index contributed by atoms with van der Waals surface area (Å²) < 4.78 is 7.85. The van der Waals surface area contributed by atoms with Crippen molar-refractivity contribution in [3.05, 3.63) is 101 Å². The molecule has 0 fully saturated rings. The average molecular weight is 382 g/mol. The van der Waals surface area contributed by atoms with Crippen LogP contribution in [0.2, 0.25) is 0 Å². The molecule has 0 N–H and O–H groups in total. The largest absolute Gasteiger partial charge is 0.422 e. The Morgan fingerprint density at radius 2 is 1.55 bits per heavy atom. The molecule has 0 unspecified atom stereocenters. The van der Waals surface area contributed by atoms with Crippen molar-refractivity contribution in [2.45, 2.75) is 13.8 Å². The van der Waals surface area contributed by atoms with Crippen molar-refractivity contribution >= 4 is 28.8 Å². The van der Waals surface area contributed by atoms with Crippen LogP contribution >= 0.6 is 0 Å². The number of hydrogen-bond donors (Lipinski definition) is 0. The van der Waals surface area contributed by atoms with E-state index in [1.165, 1.54) is 0 Å². The molecule has 0 saturated heterocycles. The monoisotopic (exact) mass is 382 g/mol. The van der Waals surface area contributed by atoms with Gasteiger partial charge in [0.1, 0.15) is 11.6 Å². The average Bonchev–Trinajstić information content (AvgIpc) is 3.03. The van der Waals surface area contributed by atoms with Gasteiger partial charge in [0.25, 0.3) is 0 Å².